The van der Waals surface area contributed by atoms with E-state index >= 15 is 0 Å². The molecule has 0 aliphatic rings. The molecule has 0 atom stereocenters. The molecular weight excluding hydrogens is 515 g/mol. The van der Waals surface area contributed by atoms with Crippen molar-refractivity contribution in [3.8, 4) is 17.3 Å². The molecule has 182 valence electrons. The molecule has 2 aromatic carbocycles. The number of hydrogen-bond donors (Lipinski definition) is 1. The second kappa shape index (κ2) is 9.67. The molecule has 1 amide bonds. The van der Waals surface area contributed by atoms with Crippen LogP contribution in [-0.2, 0) is 11.0 Å². The topological polar surface area (TPSA) is 85.8 Å². The zero-order chi connectivity index (χ0) is 25.3. The molecule has 0 fully saturated rings. The standard InChI is InChI=1S/C24H15ClF3N5O2S/c25-16-8-7-14(24(26,27)28)12-19(16)33-22(20-6-3-11-35-20)31-32-23(33)36-13-21(34)30-18-9-10-29-17-5-2-1-4-15(17)18/h1-12H,13H2,(H,29,30,34). The number of fused-ring (bicyclic) bond motifs is 1. The summed E-state index contributed by atoms with van der Waals surface area (Å²) in [6, 6.07) is 15.2. The number of aromatic nitrogens is 4. The molecule has 0 unspecified atom stereocenters. The Morgan fingerprint density at radius 2 is 1.92 bits per heavy atom. The Balaban J connectivity index is 1.46. The van der Waals surface area contributed by atoms with Crippen LogP contribution in [0.2, 0.25) is 5.02 Å². The first-order valence-corrected chi connectivity index (χ1v) is 11.8. The zero-order valence-corrected chi connectivity index (χ0v) is 19.7. The first-order valence-electron chi connectivity index (χ1n) is 10.4. The summed E-state index contributed by atoms with van der Waals surface area (Å²) < 4.78 is 47.0. The number of furan rings is 1. The van der Waals surface area contributed by atoms with E-state index in [9.17, 15) is 18.0 Å². The number of anilines is 1. The van der Waals surface area contributed by atoms with Crippen LogP contribution in [-0.4, -0.2) is 31.4 Å². The monoisotopic (exact) mass is 529 g/mol. The highest BCUT2D eigenvalue weighted by atomic mass is 35.5. The Bertz CT molecular complexity index is 1550. The van der Waals surface area contributed by atoms with Gasteiger partial charge in [-0.05, 0) is 42.5 Å². The number of nitrogens with zero attached hydrogens (tertiary/aromatic N) is 4. The summed E-state index contributed by atoms with van der Waals surface area (Å²) in [7, 11) is 0. The number of benzene rings is 2. The number of alkyl halides is 3. The molecule has 12 heteroatoms. The average Bonchev–Trinajstić information content (AvgIpc) is 3.53. The minimum absolute atomic E-state index is 0.00549. The number of hydrogen-bond acceptors (Lipinski definition) is 6. The van der Waals surface area contributed by atoms with E-state index in [1.54, 1.807) is 24.4 Å². The van der Waals surface area contributed by atoms with Gasteiger partial charge in [0.25, 0.3) is 0 Å². The van der Waals surface area contributed by atoms with E-state index in [0.29, 0.717) is 5.69 Å². The number of pyridine rings is 1. The van der Waals surface area contributed by atoms with Gasteiger partial charge in [-0.2, -0.15) is 13.2 Å². The van der Waals surface area contributed by atoms with Gasteiger partial charge >= 0.3 is 6.18 Å². The summed E-state index contributed by atoms with van der Waals surface area (Å²) in [5, 5.41) is 12.0. The van der Waals surface area contributed by atoms with Crippen LogP contribution in [0.1, 0.15) is 5.56 Å². The summed E-state index contributed by atoms with van der Waals surface area (Å²) in [6.45, 7) is 0. The number of thioether (sulfide) groups is 1. The van der Waals surface area contributed by atoms with Gasteiger partial charge < -0.3 is 9.73 Å². The number of para-hydroxylation sites is 1. The number of nitrogens with one attached hydrogen (secondary N) is 1. The second-order valence-electron chi connectivity index (χ2n) is 7.50. The zero-order valence-electron chi connectivity index (χ0n) is 18.2. The lowest BCUT2D eigenvalue weighted by Crippen LogP contribution is -2.15. The Morgan fingerprint density at radius 1 is 1.08 bits per heavy atom. The van der Waals surface area contributed by atoms with Crippen molar-refractivity contribution in [2.24, 2.45) is 0 Å². The Labute approximate surface area is 211 Å². The van der Waals surface area contributed by atoms with E-state index in [0.717, 1.165) is 40.9 Å². The first kappa shape index (κ1) is 23.9. The van der Waals surface area contributed by atoms with Crippen LogP contribution >= 0.6 is 23.4 Å². The van der Waals surface area contributed by atoms with Gasteiger partial charge in [-0.1, -0.05) is 41.6 Å². The number of halogens is 4. The summed E-state index contributed by atoms with van der Waals surface area (Å²) in [6.07, 6.45) is -1.59. The molecule has 3 heterocycles. The Morgan fingerprint density at radius 3 is 2.69 bits per heavy atom. The SMILES string of the molecule is O=C(CSc1nnc(-c2ccco2)n1-c1cc(C(F)(F)F)ccc1Cl)Nc1ccnc2ccccc12. The van der Waals surface area contributed by atoms with Gasteiger partial charge in [0.05, 0.1) is 39.5 Å². The summed E-state index contributed by atoms with van der Waals surface area (Å²) in [5.41, 5.74) is 0.431. The van der Waals surface area contributed by atoms with E-state index in [2.05, 4.69) is 20.5 Å². The molecule has 0 bridgehead atoms. The van der Waals surface area contributed by atoms with Gasteiger partial charge in [-0.25, -0.2) is 0 Å². The lowest BCUT2D eigenvalue weighted by Gasteiger charge is -2.14. The quantitative estimate of drug-likeness (QED) is 0.253. The van der Waals surface area contributed by atoms with Gasteiger partial charge in [-0.15, -0.1) is 10.2 Å². The first-order chi connectivity index (χ1) is 17.3. The Hall–Kier alpha value is -3.83. The maximum atomic E-state index is 13.4. The number of amides is 1. The lowest BCUT2D eigenvalue weighted by molar-refractivity contribution is -0.137. The van der Waals surface area contributed by atoms with Crippen LogP contribution in [0, 0.1) is 0 Å². The van der Waals surface area contributed by atoms with Crippen LogP contribution in [0.5, 0.6) is 0 Å². The van der Waals surface area contributed by atoms with E-state index in [1.807, 2.05) is 24.3 Å². The molecule has 1 N–H and O–H groups in total. The van der Waals surface area contributed by atoms with Crippen LogP contribution in [0.3, 0.4) is 0 Å². The highest BCUT2D eigenvalue weighted by molar-refractivity contribution is 7.99. The third-order valence-corrected chi connectivity index (χ3v) is 6.39. The largest absolute Gasteiger partial charge is 0.461 e. The highest BCUT2D eigenvalue weighted by Crippen LogP contribution is 2.36. The lowest BCUT2D eigenvalue weighted by atomic mass is 10.2. The van der Waals surface area contributed by atoms with Crippen LogP contribution in [0.4, 0.5) is 18.9 Å². The highest BCUT2D eigenvalue weighted by Gasteiger charge is 2.32. The van der Waals surface area contributed by atoms with Gasteiger partial charge in [-0.3, -0.25) is 14.3 Å². The summed E-state index contributed by atoms with van der Waals surface area (Å²) in [4.78, 5) is 17.0. The number of carbonyl (C=O) groups is 1. The van der Waals surface area contributed by atoms with E-state index in [4.69, 9.17) is 16.0 Å². The molecule has 0 aliphatic carbocycles. The smallest absolute Gasteiger partial charge is 0.416 e. The average molecular weight is 530 g/mol. The predicted octanol–water partition coefficient (Wildman–Crippen LogP) is 6.48. The molecule has 0 saturated carbocycles. The maximum Gasteiger partial charge on any atom is 0.416 e. The van der Waals surface area contributed by atoms with Gasteiger partial charge in [0.1, 0.15) is 0 Å². The Kier molecular flexibility index (Phi) is 6.42. The van der Waals surface area contributed by atoms with E-state index in [1.165, 1.54) is 10.8 Å². The molecule has 0 aliphatic heterocycles. The molecule has 5 rings (SSSR count). The summed E-state index contributed by atoms with van der Waals surface area (Å²) >= 11 is 7.29. The van der Waals surface area contributed by atoms with Crippen molar-refractivity contribution in [2.75, 3.05) is 11.1 Å². The molecule has 7 nitrogen and oxygen atoms in total. The van der Waals surface area contributed by atoms with E-state index in [-0.39, 0.29) is 39.1 Å². The fourth-order valence-electron chi connectivity index (χ4n) is 3.53. The number of carbonyl (C=O) groups excluding carboxylic acids is 1. The molecule has 0 saturated heterocycles. The third-order valence-electron chi connectivity index (χ3n) is 5.14. The fraction of sp³-hybridized carbons (Fsp3) is 0.0833. The molecule has 5 aromatic rings. The van der Waals surface area contributed by atoms with Gasteiger partial charge in [0, 0.05) is 11.6 Å². The van der Waals surface area contributed by atoms with Crippen molar-refractivity contribution in [1.29, 1.82) is 0 Å². The van der Waals surface area contributed by atoms with Crippen molar-refractivity contribution in [3.05, 3.63) is 83.7 Å². The fourth-order valence-corrected chi connectivity index (χ4v) is 4.47. The molecule has 36 heavy (non-hydrogen) atoms. The third kappa shape index (κ3) is 4.79. The summed E-state index contributed by atoms with van der Waals surface area (Å²) in [5.74, 6) is -0.0239. The maximum absolute atomic E-state index is 13.4. The van der Waals surface area contributed by atoms with Crippen LogP contribution < -0.4 is 5.32 Å². The van der Waals surface area contributed by atoms with Crippen molar-refractivity contribution in [1.82, 2.24) is 19.7 Å². The molecule has 0 spiro atoms. The van der Waals surface area contributed by atoms with Crippen LogP contribution in [0.25, 0.3) is 28.2 Å². The van der Waals surface area contributed by atoms with Gasteiger partial charge in [0.15, 0.2) is 10.9 Å². The number of rotatable bonds is 6. The predicted molar refractivity (Wildman–Crippen MR) is 130 cm³/mol. The normalized spacial score (nSPS) is 11.7. The minimum Gasteiger partial charge on any atom is -0.461 e. The second-order valence-corrected chi connectivity index (χ2v) is 8.85. The van der Waals surface area contributed by atoms with E-state index < -0.39 is 11.7 Å². The van der Waals surface area contributed by atoms with Crippen LogP contribution in [0.15, 0.2) is 82.7 Å². The van der Waals surface area contributed by atoms with Crippen molar-refractivity contribution in [2.45, 2.75) is 11.3 Å². The van der Waals surface area contributed by atoms with Crippen molar-refractivity contribution in [3.63, 3.8) is 0 Å². The molecule has 3 aromatic heterocycles. The van der Waals surface area contributed by atoms with Crippen molar-refractivity contribution < 1.29 is 22.4 Å². The molecular formula is C24H15ClF3N5O2S. The molecule has 0 radical (unpaired) electrons. The van der Waals surface area contributed by atoms with Crippen molar-refractivity contribution >= 4 is 45.9 Å². The minimum atomic E-state index is -4.58. The van der Waals surface area contributed by atoms with Gasteiger partial charge in [0.2, 0.25) is 11.7 Å².